The lowest BCUT2D eigenvalue weighted by molar-refractivity contribution is -0.385. The molecule has 1 aliphatic heterocycles. The van der Waals surface area contributed by atoms with Gasteiger partial charge in [0.05, 0.1) is 29.1 Å². The molecule has 27 heavy (non-hydrogen) atoms. The molecule has 0 bridgehead atoms. The first kappa shape index (κ1) is 18.7. The number of benzene rings is 1. The summed E-state index contributed by atoms with van der Waals surface area (Å²) in [5.74, 6) is -2.49. The average molecular weight is 375 g/mol. The van der Waals surface area contributed by atoms with Crippen LogP contribution in [-0.2, 0) is 19.1 Å². The lowest BCUT2D eigenvalue weighted by atomic mass is 9.76. The van der Waals surface area contributed by atoms with Crippen LogP contribution in [0.5, 0.6) is 0 Å². The zero-order valence-corrected chi connectivity index (χ0v) is 14.4. The van der Waals surface area contributed by atoms with Gasteiger partial charge in [0.15, 0.2) is 6.29 Å². The van der Waals surface area contributed by atoms with E-state index in [1.807, 2.05) is 0 Å². The Labute approximate surface area is 153 Å². The molecule has 9 nitrogen and oxygen atoms in total. The second-order valence-electron chi connectivity index (χ2n) is 6.54. The predicted octanol–water partition coefficient (Wildman–Crippen LogP) is 2.53. The Kier molecular flexibility index (Phi) is 4.81. The van der Waals surface area contributed by atoms with E-state index in [-0.39, 0.29) is 28.8 Å². The van der Waals surface area contributed by atoms with Gasteiger partial charge in [0.1, 0.15) is 0 Å². The number of hydrogen-bond donors (Lipinski definition) is 2. The summed E-state index contributed by atoms with van der Waals surface area (Å²) >= 11 is 0. The van der Waals surface area contributed by atoms with Gasteiger partial charge in [0.2, 0.25) is 0 Å². The number of carboxylic acid groups (broad SMARTS) is 2. The Bertz CT molecular complexity index is 881. The zero-order chi connectivity index (χ0) is 19.8. The van der Waals surface area contributed by atoms with Gasteiger partial charge in [-0.25, -0.2) is 4.79 Å². The smallest absolute Gasteiger partial charge is 0.332 e. The quantitative estimate of drug-likeness (QED) is 0.592. The average Bonchev–Trinajstić information content (AvgIpc) is 3.15. The zero-order valence-electron chi connectivity index (χ0n) is 14.4. The van der Waals surface area contributed by atoms with Crippen LogP contribution < -0.4 is 0 Å². The van der Waals surface area contributed by atoms with Crippen molar-refractivity contribution in [1.29, 1.82) is 0 Å². The summed E-state index contributed by atoms with van der Waals surface area (Å²) in [7, 11) is 0. The molecule has 142 valence electrons. The van der Waals surface area contributed by atoms with Crippen molar-refractivity contribution in [2.24, 2.45) is 5.41 Å². The molecule has 1 unspecified atom stereocenters. The van der Waals surface area contributed by atoms with Crippen LogP contribution in [0.1, 0.15) is 30.8 Å². The molecule has 2 N–H and O–H groups in total. The van der Waals surface area contributed by atoms with Gasteiger partial charge in [-0.15, -0.1) is 0 Å². The maximum atomic E-state index is 11.7. The number of carbonyl (C=O) groups is 2. The summed E-state index contributed by atoms with van der Waals surface area (Å²) in [6, 6.07) is 4.30. The summed E-state index contributed by atoms with van der Waals surface area (Å²) in [4.78, 5) is 34.1. The highest BCUT2D eigenvalue weighted by molar-refractivity contribution is 6.02. The number of ether oxygens (including phenoxy) is 2. The first-order valence-corrected chi connectivity index (χ1v) is 8.14. The molecule has 1 aliphatic carbocycles. The SMILES string of the molecule is CC1(C(=O)O)C=CC(c2ccc(C3OCCO3)cc2[N+](=O)[O-])=C(C(=O)O)C1. The van der Waals surface area contributed by atoms with Crippen molar-refractivity contribution < 1.29 is 34.2 Å². The fraction of sp³-hybridized carbons (Fsp3) is 0.333. The normalized spacial score (nSPS) is 22.9. The van der Waals surface area contributed by atoms with Gasteiger partial charge in [-0.1, -0.05) is 18.2 Å². The molecule has 2 aliphatic rings. The number of aliphatic carboxylic acids is 2. The second-order valence-corrected chi connectivity index (χ2v) is 6.54. The van der Waals surface area contributed by atoms with Gasteiger partial charge in [0.25, 0.3) is 5.69 Å². The Morgan fingerprint density at radius 3 is 2.48 bits per heavy atom. The highest BCUT2D eigenvalue weighted by Crippen LogP contribution is 2.41. The van der Waals surface area contributed by atoms with E-state index in [1.165, 1.54) is 31.2 Å². The third-order valence-corrected chi connectivity index (χ3v) is 4.64. The van der Waals surface area contributed by atoms with Gasteiger partial charge >= 0.3 is 11.9 Å². The van der Waals surface area contributed by atoms with E-state index in [1.54, 1.807) is 6.07 Å². The summed E-state index contributed by atoms with van der Waals surface area (Å²) in [6.07, 6.45) is 1.70. The molecule has 0 radical (unpaired) electrons. The number of nitro benzene ring substituents is 1. The molecular formula is C18H17NO8. The number of nitro groups is 1. The predicted molar refractivity (Wildman–Crippen MR) is 91.8 cm³/mol. The summed E-state index contributed by atoms with van der Waals surface area (Å²) < 4.78 is 10.7. The van der Waals surface area contributed by atoms with E-state index in [4.69, 9.17) is 9.47 Å². The first-order valence-electron chi connectivity index (χ1n) is 8.14. The lowest BCUT2D eigenvalue weighted by Crippen LogP contribution is -2.29. The van der Waals surface area contributed by atoms with Crippen molar-refractivity contribution in [3.05, 3.63) is 57.2 Å². The minimum Gasteiger partial charge on any atom is -0.481 e. The van der Waals surface area contributed by atoms with Gasteiger partial charge in [-0.05, 0) is 25.0 Å². The summed E-state index contributed by atoms with van der Waals surface area (Å²) in [6.45, 7) is 2.16. The van der Waals surface area contributed by atoms with E-state index in [2.05, 4.69) is 0 Å². The fourth-order valence-corrected chi connectivity index (χ4v) is 3.10. The number of hydrogen-bond acceptors (Lipinski definition) is 6. The van der Waals surface area contributed by atoms with Crippen LogP contribution in [0.3, 0.4) is 0 Å². The number of rotatable bonds is 5. The Hall–Kier alpha value is -3.04. The molecule has 0 amide bonds. The van der Waals surface area contributed by atoms with Crippen molar-refractivity contribution in [2.45, 2.75) is 19.6 Å². The maximum Gasteiger partial charge on any atom is 0.332 e. The van der Waals surface area contributed by atoms with Gasteiger partial charge < -0.3 is 19.7 Å². The van der Waals surface area contributed by atoms with Crippen LogP contribution in [0.4, 0.5) is 5.69 Å². The van der Waals surface area contributed by atoms with Crippen LogP contribution in [-0.4, -0.2) is 40.3 Å². The van der Waals surface area contributed by atoms with E-state index in [0.717, 1.165) is 0 Å². The molecule has 9 heteroatoms. The molecule has 0 spiro atoms. The van der Waals surface area contributed by atoms with Crippen LogP contribution in [0, 0.1) is 15.5 Å². The molecular weight excluding hydrogens is 358 g/mol. The monoisotopic (exact) mass is 375 g/mol. The van der Waals surface area contributed by atoms with E-state index >= 15 is 0 Å². The van der Waals surface area contributed by atoms with Gasteiger partial charge in [0, 0.05) is 17.2 Å². The van der Waals surface area contributed by atoms with Crippen molar-refractivity contribution in [2.75, 3.05) is 13.2 Å². The molecule has 0 aromatic heterocycles. The molecule has 1 fully saturated rings. The van der Waals surface area contributed by atoms with Crippen molar-refractivity contribution in [3.8, 4) is 0 Å². The summed E-state index contributed by atoms with van der Waals surface area (Å²) in [5, 5.41) is 30.5. The molecule has 1 aromatic rings. The molecule has 1 atom stereocenters. The van der Waals surface area contributed by atoms with Crippen molar-refractivity contribution in [3.63, 3.8) is 0 Å². The van der Waals surface area contributed by atoms with Crippen LogP contribution in [0.2, 0.25) is 0 Å². The highest BCUT2D eigenvalue weighted by Gasteiger charge is 2.38. The first-order chi connectivity index (χ1) is 12.7. The molecule has 1 aromatic carbocycles. The molecule has 0 saturated carbocycles. The lowest BCUT2D eigenvalue weighted by Gasteiger charge is -2.26. The third-order valence-electron chi connectivity index (χ3n) is 4.64. The topological polar surface area (TPSA) is 136 Å². The Morgan fingerprint density at radius 1 is 1.26 bits per heavy atom. The van der Waals surface area contributed by atoms with E-state index in [0.29, 0.717) is 18.8 Å². The van der Waals surface area contributed by atoms with Gasteiger partial charge in [-0.3, -0.25) is 14.9 Å². The third kappa shape index (κ3) is 3.46. The molecule has 3 rings (SSSR count). The van der Waals surface area contributed by atoms with E-state index in [9.17, 15) is 29.9 Å². The largest absolute Gasteiger partial charge is 0.481 e. The van der Waals surface area contributed by atoms with Crippen LogP contribution in [0.25, 0.3) is 5.57 Å². The Balaban J connectivity index is 2.11. The maximum absolute atomic E-state index is 11.7. The summed E-state index contributed by atoms with van der Waals surface area (Å²) in [5.41, 5.74) is -1.21. The van der Waals surface area contributed by atoms with Crippen molar-refractivity contribution >= 4 is 23.2 Å². The Morgan fingerprint density at radius 2 is 1.93 bits per heavy atom. The molecule has 1 heterocycles. The minimum atomic E-state index is -1.39. The fourth-order valence-electron chi connectivity index (χ4n) is 3.10. The highest BCUT2D eigenvalue weighted by atomic mass is 16.7. The van der Waals surface area contributed by atoms with Crippen LogP contribution >= 0.6 is 0 Å². The minimum absolute atomic E-state index is 0.0998. The van der Waals surface area contributed by atoms with E-state index < -0.39 is 28.6 Å². The number of carboxylic acids is 2. The molecule has 1 saturated heterocycles. The number of allylic oxidation sites excluding steroid dienone is 2. The van der Waals surface area contributed by atoms with Crippen LogP contribution in [0.15, 0.2) is 35.9 Å². The number of nitrogens with zero attached hydrogens (tertiary/aromatic N) is 1. The standard InChI is InChI=1S/C18H17NO8/c1-18(17(22)23)5-4-11(13(9-18)15(20)21)12-3-2-10(8-14(12)19(24)25)16-26-6-7-27-16/h2-5,8,16H,6-7,9H2,1H3,(H,20,21)(H,22,23). The van der Waals surface area contributed by atoms with Crippen molar-refractivity contribution in [1.82, 2.24) is 0 Å². The second kappa shape index (κ2) is 6.93. The van der Waals surface area contributed by atoms with Gasteiger partial charge in [-0.2, -0.15) is 0 Å².